The minimum absolute atomic E-state index is 0.0183. The predicted molar refractivity (Wildman–Crippen MR) is 98.0 cm³/mol. The van der Waals surface area contributed by atoms with E-state index in [1.54, 1.807) is 0 Å². The van der Waals surface area contributed by atoms with E-state index in [4.69, 9.17) is 5.11 Å². The van der Waals surface area contributed by atoms with E-state index in [1.807, 2.05) is 44.2 Å². The summed E-state index contributed by atoms with van der Waals surface area (Å²) in [7, 11) is 0. The Morgan fingerprint density at radius 2 is 1.59 bits per heavy atom. The molecule has 0 spiro atoms. The molecule has 1 aromatic carbocycles. The molecule has 0 aliphatic carbocycles. The number of carboxylic acid groups (broad SMARTS) is 2. The van der Waals surface area contributed by atoms with Gasteiger partial charge in [-0.1, -0.05) is 44.2 Å². The quantitative estimate of drug-likeness (QED) is 0.457. The second kappa shape index (κ2) is 10.9. The summed E-state index contributed by atoms with van der Waals surface area (Å²) in [6.07, 6.45) is 0.0979. The summed E-state index contributed by atoms with van der Waals surface area (Å²) in [6.45, 7) is 3.62. The Labute approximate surface area is 158 Å². The Hall–Kier alpha value is -2.90. The first-order valence-electron chi connectivity index (χ1n) is 8.77. The van der Waals surface area contributed by atoms with E-state index in [9.17, 15) is 24.3 Å². The topological polar surface area (TPSA) is 133 Å². The second-order valence-corrected chi connectivity index (χ2v) is 6.73. The molecule has 8 nitrogen and oxygen atoms in total. The first-order chi connectivity index (χ1) is 12.7. The fourth-order valence-corrected chi connectivity index (χ4v) is 2.52. The van der Waals surface area contributed by atoms with Crippen LogP contribution in [0.4, 0.5) is 0 Å². The molecular weight excluding hydrogens is 352 g/mol. The van der Waals surface area contributed by atoms with Crippen molar-refractivity contribution >= 4 is 23.8 Å². The molecule has 0 aromatic heterocycles. The van der Waals surface area contributed by atoms with E-state index in [1.165, 1.54) is 0 Å². The fourth-order valence-electron chi connectivity index (χ4n) is 2.52. The highest BCUT2D eigenvalue weighted by Gasteiger charge is 2.28. The van der Waals surface area contributed by atoms with Crippen molar-refractivity contribution in [2.45, 2.75) is 51.6 Å². The third-order valence-corrected chi connectivity index (χ3v) is 3.84. The van der Waals surface area contributed by atoms with Crippen LogP contribution in [-0.2, 0) is 25.6 Å². The van der Waals surface area contributed by atoms with E-state index in [-0.39, 0.29) is 18.8 Å². The first kappa shape index (κ1) is 22.1. The summed E-state index contributed by atoms with van der Waals surface area (Å²) in [5.41, 5.74) is 0.940. The van der Waals surface area contributed by atoms with Crippen LogP contribution < -0.4 is 10.6 Å². The molecule has 27 heavy (non-hydrogen) atoms. The molecule has 0 fully saturated rings. The van der Waals surface area contributed by atoms with E-state index in [0.717, 1.165) is 5.56 Å². The number of rotatable bonds is 11. The summed E-state index contributed by atoms with van der Waals surface area (Å²) in [5.74, 6) is -3.75. The maximum Gasteiger partial charge on any atom is 0.326 e. The van der Waals surface area contributed by atoms with Crippen molar-refractivity contribution < 1.29 is 29.4 Å². The molecule has 0 aliphatic rings. The highest BCUT2D eigenvalue weighted by molar-refractivity contribution is 5.92. The van der Waals surface area contributed by atoms with Gasteiger partial charge in [0.25, 0.3) is 0 Å². The Balaban J connectivity index is 2.69. The number of nitrogens with one attached hydrogen (secondary N) is 2. The summed E-state index contributed by atoms with van der Waals surface area (Å²) in [4.78, 5) is 46.7. The lowest BCUT2D eigenvalue weighted by atomic mass is 10.0. The number of hydrogen-bond acceptors (Lipinski definition) is 4. The van der Waals surface area contributed by atoms with Crippen molar-refractivity contribution in [3.63, 3.8) is 0 Å². The zero-order valence-electron chi connectivity index (χ0n) is 15.5. The fraction of sp³-hybridized carbons (Fsp3) is 0.474. The van der Waals surface area contributed by atoms with Gasteiger partial charge in [0.2, 0.25) is 11.8 Å². The van der Waals surface area contributed by atoms with Gasteiger partial charge < -0.3 is 20.8 Å². The third kappa shape index (κ3) is 8.84. The largest absolute Gasteiger partial charge is 0.481 e. The molecule has 0 saturated carbocycles. The molecule has 0 bridgehead atoms. The average molecular weight is 378 g/mol. The molecule has 0 aliphatic heterocycles. The Bertz CT molecular complexity index is 659. The Morgan fingerprint density at radius 3 is 2.11 bits per heavy atom. The highest BCUT2D eigenvalue weighted by Crippen LogP contribution is 2.07. The molecule has 4 N–H and O–H groups in total. The minimum atomic E-state index is -1.33. The van der Waals surface area contributed by atoms with E-state index in [0.29, 0.717) is 6.42 Å². The molecule has 148 valence electrons. The summed E-state index contributed by atoms with van der Waals surface area (Å²) < 4.78 is 0. The second-order valence-electron chi connectivity index (χ2n) is 6.73. The SMILES string of the molecule is CC(C)CC(NC(=O)C(CC(=O)O)NC(=O)CCc1ccccc1)C(=O)O. The maximum absolute atomic E-state index is 12.3. The van der Waals surface area contributed by atoms with E-state index < -0.39 is 42.3 Å². The molecule has 2 amide bonds. The van der Waals surface area contributed by atoms with E-state index >= 15 is 0 Å². The van der Waals surface area contributed by atoms with Gasteiger partial charge in [0.05, 0.1) is 6.42 Å². The lowest BCUT2D eigenvalue weighted by Gasteiger charge is -2.21. The van der Waals surface area contributed by atoms with Gasteiger partial charge >= 0.3 is 11.9 Å². The van der Waals surface area contributed by atoms with Crippen LogP contribution in [0.25, 0.3) is 0 Å². The van der Waals surface area contributed by atoms with Gasteiger partial charge in [0.15, 0.2) is 0 Å². The zero-order valence-corrected chi connectivity index (χ0v) is 15.5. The zero-order chi connectivity index (χ0) is 20.4. The lowest BCUT2D eigenvalue weighted by Crippen LogP contribution is -2.52. The standard InChI is InChI=1S/C19H26N2O6/c1-12(2)10-15(19(26)27)21-18(25)14(11-17(23)24)20-16(22)9-8-13-6-4-3-5-7-13/h3-7,12,14-15H,8-11H2,1-2H3,(H,20,22)(H,21,25)(H,23,24)(H,26,27). The van der Waals surface area contributed by atoms with Gasteiger partial charge in [0, 0.05) is 6.42 Å². The number of carbonyl (C=O) groups excluding carboxylic acids is 2. The van der Waals surface area contributed by atoms with Gasteiger partial charge in [0.1, 0.15) is 12.1 Å². The molecule has 0 saturated heterocycles. The number of aryl methyl sites for hydroxylation is 1. The van der Waals surface area contributed by atoms with Gasteiger partial charge in [-0.2, -0.15) is 0 Å². The van der Waals surface area contributed by atoms with Crippen LogP contribution in [0.15, 0.2) is 30.3 Å². The van der Waals surface area contributed by atoms with Gasteiger partial charge in [-0.05, 0) is 24.3 Å². The number of carbonyl (C=O) groups is 4. The minimum Gasteiger partial charge on any atom is -0.481 e. The molecule has 1 aromatic rings. The first-order valence-corrected chi connectivity index (χ1v) is 8.77. The van der Waals surface area contributed by atoms with Crippen LogP contribution in [0, 0.1) is 5.92 Å². The average Bonchev–Trinajstić information content (AvgIpc) is 2.58. The molecule has 0 heterocycles. The molecule has 0 radical (unpaired) electrons. The maximum atomic E-state index is 12.3. The van der Waals surface area contributed by atoms with Crippen molar-refractivity contribution in [1.82, 2.24) is 10.6 Å². The van der Waals surface area contributed by atoms with Crippen LogP contribution in [0.2, 0.25) is 0 Å². The van der Waals surface area contributed by atoms with Crippen LogP contribution in [0.1, 0.15) is 38.7 Å². The normalized spacial score (nSPS) is 12.9. The molecule has 2 atom stereocenters. The number of carboxylic acids is 2. The summed E-state index contributed by atoms with van der Waals surface area (Å²) in [6, 6.07) is 6.78. The lowest BCUT2D eigenvalue weighted by molar-refractivity contribution is -0.143. The molecule has 2 unspecified atom stereocenters. The van der Waals surface area contributed by atoms with E-state index in [2.05, 4.69) is 10.6 Å². The summed E-state index contributed by atoms with van der Waals surface area (Å²) in [5, 5.41) is 22.9. The van der Waals surface area contributed by atoms with Crippen LogP contribution in [0.3, 0.4) is 0 Å². The monoisotopic (exact) mass is 378 g/mol. The highest BCUT2D eigenvalue weighted by atomic mass is 16.4. The van der Waals surface area contributed by atoms with Crippen molar-refractivity contribution in [3.8, 4) is 0 Å². The van der Waals surface area contributed by atoms with Crippen LogP contribution >= 0.6 is 0 Å². The van der Waals surface area contributed by atoms with Gasteiger partial charge in [-0.3, -0.25) is 14.4 Å². The molecule has 8 heteroatoms. The number of aliphatic carboxylic acids is 2. The molecule has 1 rings (SSSR count). The van der Waals surface area contributed by atoms with Crippen molar-refractivity contribution in [1.29, 1.82) is 0 Å². The van der Waals surface area contributed by atoms with Gasteiger partial charge in [-0.25, -0.2) is 4.79 Å². The van der Waals surface area contributed by atoms with Crippen molar-refractivity contribution in [2.24, 2.45) is 5.92 Å². The van der Waals surface area contributed by atoms with Gasteiger partial charge in [-0.15, -0.1) is 0 Å². The number of benzene rings is 1. The van der Waals surface area contributed by atoms with Crippen molar-refractivity contribution in [2.75, 3.05) is 0 Å². The van der Waals surface area contributed by atoms with Crippen LogP contribution in [-0.4, -0.2) is 46.0 Å². The molecular formula is C19H26N2O6. The number of amides is 2. The summed E-state index contributed by atoms with van der Waals surface area (Å²) >= 11 is 0. The number of hydrogen-bond donors (Lipinski definition) is 4. The Kier molecular flexibility index (Phi) is 8.98. The van der Waals surface area contributed by atoms with Crippen molar-refractivity contribution in [3.05, 3.63) is 35.9 Å². The third-order valence-electron chi connectivity index (χ3n) is 3.84. The smallest absolute Gasteiger partial charge is 0.326 e. The Morgan fingerprint density at radius 1 is 0.963 bits per heavy atom. The predicted octanol–water partition coefficient (Wildman–Crippen LogP) is 1.19. The van der Waals surface area contributed by atoms with Crippen LogP contribution in [0.5, 0.6) is 0 Å².